The molecule has 0 radical (unpaired) electrons. The molecule has 0 aliphatic heterocycles. The molecule has 0 bridgehead atoms. The quantitative estimate of drug-likeness (QED) is 0.750. The van der Waals surface area contributed by atoms with E-state index in [2.05, 4.69) is 15.0 Å². The number of aliphatic hydroxyl groups is 1. The lowest BCUT2D eigenvalue weighted by molar-refractivity contribution is 0.243. The van der Waals surface area contributed by atoms with E-state index in [4.69, 9.17) is 9.52 Å². The average Bonchev–Trinajstić information content (AvgIpc) is 3.03. The van der Waals surface area contributed by atoms with Crippen LogP contribution in [0.5, 0.6) is 0 Å². The molecule has 0 fully saturated rings. The van der Waals surface area contributed by atoms with Crippen LogP contribution in [-0.2, 0) is 19.4 Å². The summed E-state index contributed by atoms with van der Waals surface area (Å²) >= 11 is 0. The maximum Gasteiger partial charge on any atom is 0.141 e. The van der Waals surface area contributed by atoms with Crippen LogP contribution in [0, 0.1) is 6.92 Å². The Labute approximate surface area is 110 Å². The third-order valence-electron chi connectivity index (χ3n) is 3.09. The number of furan rings is 1. The number of hydrogen-bond acceptors (Lipinski definition) is 4. The van der Waals surface area contributed by atoms with Crippen molar-refractivity contribution < 1.29 is 9.52 Å². The lowest BCUT2D eigenvalue weighted by Crippen LogP contribution is -1.99. The van der Waals surface area contributed by atoms with E-state index >= 15 is 0 Å². The molecule has 0 aliphatic rings. The van der Waals surface area contributed by atoms with Gasteiger partial charge >= 0.3 is 0 Å². The summed E-state index contributed by atoms with van der Waals surface area (Å²) in [5.41, 5.74) is 1.89. The van der Waals surface area contributed by atoms with Crippen LogP contribution >= 0.6 is 0 Å². The second-order valence-electron chi connectivity index (χ2n) is 4.48. The van der Waals surface area contributed by atoms with E-state index in [1.807, 2.05) is 25.3 Å². The molecule has 0 atom stereocenters. The van der Waals surface area contributed by atoms with Crippen molar-refractivity contribution in [3.63, 3.8) is 0 Å². The van der Waals surface area contributed by atoms with Gasteiger partial charge in [0.15, 0.2) is 0 Å². The molecule has 0 aliphatic carbocycles. The topological polar surface area (TPSA) is 74.9 Å². The predicted molar refractivity (Wildman–Crippen MR) is 70.7 cm³/mol. The smallest absolute Gasteiger partial charge is 0.141 e. The maximum atomic E-state index is 8.97. The summed E-state index contributed by atoms with van der Waals surface area (Å²) in [4.78, 5) is 11.9. The SMILES string of the molecule is Cc1nc(CCc2ccc(CO)o2)c2cc[nH]c2n1. The van der Waals surface area contributed by atoms with E-state index in [-0.39, 0.29) is 6.61 Å². The van der Waals surface area contributed by atoms with Crippen LogP contribution < -0.4 is 0 Å². The number of rotatable bonds is 4. The van der Waals surface area contributed by atoms with Gasteiger partial charge in [-0.2, -0.15) is 0 Å². The minimum Gasteiger partial charge on any atom is -0.464 e. The van der Waals surface area contributed by atoms with Crippen molar-refractivity contribution in [2.24, 2.45) is 0 Å². The zero-order valence-corrected chi connectivity index (χ0v) is 10.7. The van der Waals surface area contributed by atoms with Gasteiger partial charge in [-0.05, 0) is 31.5 Å². The van der Waals surface area contributed by atoms with Crippen molar-refractivity contribution >= 4 is 11.0 Å². The summed E-state index contributed by atoms with van der Waals surface area (Å²) in [6.07, 6.45) is 3.42. The highest BCUT2D eigenvalue weighted by molar-refractivity contribution is 5.77. The standard InChI is InChI=1S/C14H15N3O2/c1-9-16-13(12-6-7-15-14(12)17-9)5-4-10-2-3-11(8-18)19-10/h2-3,6-7,18H,4-5,8H2,1H3,(H,15,16,17). The number of fused-ring (bicyclic) bond motifs is 1. The molecule has 3 aromatic rings. The van der Waals surface area contributed by atoms with E-state index < -0.39 is 0 Å². The molecule has 0 spiro atoms. The third kappa shape index (κ3) is 2.37. The molecular formula is C14H15N3O2. The molecule has 5 nitrogen and oxygen atoms in total. The van der Waals surface area contributed by atoms with Crippen LogP contribution in [-0.4, -0.2) is 20.1 Å². The first-order valence-electron chi connectivity index (χ1n) is 6.25. The Hall–Kier alpha value is -2.14. The van der Waals surface area contributed by atoms with Gasteiger partial charge in [0.05, 0.1) is 5.69 Å². The zero-order chi connectivity index (χ0) is 13.2. The summed E-state index contributed by atoms with van der Waals surface area (Å²) in [5, 5.41) is 10.0. The summed E-state index contributed by atoms with van der Waals surface area (Å²) in [7, 11) is 0. The normalized spacial score (nSPS) is 11.3. The number of hydrogen-bond donors (Lipinski definition) is 2. The molecule has 3 heterocycles. The first kappa shape index (κ1) is 11.9. The van der Waals surface area contributed by atoms with Crippen LogP contribution in [0.2, 0.25) is 0 Å². The van der Waals surface area contributed by atoms with Gasteiger partial charge in [-0.1, -0.05) is 0 Å². The lowest BCUT2D eigenvalue weighted by atomic mass is 10.1. The molecule has 0 saturated heterocycles. The fraction of sp³-hybridized carbons (Fsp3) is 0.286. The van der Waals surface area contributed by atoms with Crippen molar-refractivity contribution in [3.05, 3.63) is 47.4 Å². The number of aliphatic hydroxyl groups excluding tert-OH is 1. The van der Waals surface area contributed by atoms with Crippen molar-refractivity contribution in [2.45, 2.75) is 26.4 Å². The summed E-state index contributed by atoms with van der Waals surface area (Å²) < 4.78 is 5.48. The summed E-state index contributed by atoms with van der Waals surface area (Å²) in [6.45, 7) is 1.83. The number of H-pyrrole nitrogens is 1. The van der Waals surface area contributed by atoms with E-state index in [1.54, 1.807) is 6.07 Å². The van der Waals surface area contributed by atoms with Gasteiger partial charge in [0, 0.05) is 18.0 Å². The summed E-state index contributed by atoms with van der Waals surface area (Å²) in [5.74, 6) is 2.23. The van der Waals surface area contributed by atoms with Gasteiger partial charge in [-0.25, -0.2) is 9.97 Å². The number of nitrogens with zero attached hydrogens (tertiary/aromatic N) is 2. The van der Waals surface area contributed by atoms with E-state index in [1.165, 1.54) is 0 Å². The molecule has 3 rings (SSSR count). The fourth-order valence-corrected chi connectivity index (χ4v) is 2.20. The summed E-state index contributed by atoms with van der Waals surface area (Å²) in [6, 6.07) is 5.69. The van der Waals surface area contributed by atoms with Gasteiger partial charge in [-0.15, -0.1) is 0 Å². The largest absolute Gasteiger partial charge is 0.464 e. The highest BCUT2D eigenvalue weighted by atomic mass is 16.4. The maximum absolute atomic E-state index is 8.97. The Kier molecular flexibility index (Phi) is 3.05. The first-order chi connectivity index (χ1) is 9.26. The van der Waals surface area contributed by atoms with E-state index in [0.717, 1.165) is 41.2 Å². The molecule has 0 unspecified atom stereocenters. The Morgan fingerprint density at radius 3 is 2.79 bits per heavy atom. The Balaban J connectivity index is 1.83. The highest BCUT2D eigenvalue weighted by Crippen LogP contribution is 2.17. The minimum absolute atomic E-state index is 0.0608. The second-order valence-corrected chi connectivity index (χ2v) is 4.48. The predicted octanol–water partition coefficient (Wildman–Crippen LogP) is 2.14. The molecule has 98 valence electrons. The number of aromatic amines is 1. The van der Waals surface area contributed by atoms with Gasteiger partial charge < -0.3 is 14.5 Å². The van der Waals surface area contributed by atoms with Crippen molar-refractivity contribution in [2.75, 3.05) is 0 Å². The monoisotopic (exact) mass is 257 g/mol. The molecule has 5 heteroatoms. The molecule has 0 amide bonds. The lowest BCUT2D eigenvalue weighted by Gasteiger charge is -2.02. The molecule has 0 aromatic carbocycles. The van der Waals surface area contributed by atoms with Gasteiger partial charge in [0.25, 0.3) is 0 Å². The van der Waals surface area contributed by atoms with Gasteiger partial charge in [-0.3, -0.25) is 0 Å². The van der Waals surface area contributed by atoms with Crippen molar-refractivity contribution in [3.8, 4) is 0 Å². The number of nitrogens with one attached hydrogen (secondary N) is 1. The Morgan fingerprint density at radius 2 is 2.00 bits per heavy atom. The third-order valence-corrected chi connectivity index (χ3v) is 3.09. The Bertz CT molecular complexity index is 700. The molecular weight excluding hydrogens is 242 g/mol. The van der Waals surface area contributed by atoms with Crippen molar-refractivity contribution in [1.29, 1.82) is 0 Å². The molecule has 19 heavy (non-hydrogen) atoms. The van der Waals surface area contributed by atoms with Gasteiger partial charge in [0.1, 0.15) is 29.6 Å². The van der Waals surface area contributed by atoms with Crippen molar-refractivity contribution in [1.82, 2.24) is 15.0 Å². The van der Waals surface area contributed by atoms with Crippen LogP contribution in [0.3, 0.4) is 0 Å². The minimum atomic E-state index is -0.0608. The van der Waals surface area contributed by atoms with E-state index in [0.29, 0.717) is 5.76 Å². The molecule has 2 N–H and O–H groups in total. The highest BCUT2D eigenvalue weighted by Gasteiger charge is 2.08. The van der Waals surface area contributed by atoms with E-state index in [9.17, 15) is 0 Å². The average molecular weight is 257 g/mol. The van der Waals surface area contributed by atoms with Gasteiger partial charge in [0.2, 0.25) is 0 Å². The molecule has 0 saturated carbocycles. The zero-order valence-electron chi connectivity index (χ0n) is 10.7. The van der Waals surface area contributed by atoms with Crippen LogP contribution in [0.4, 0.5) is 0 Å². The number of aryl methyl sites for hydroxylation is 3. The first-order valence-corrected chi connectivity index (χ1v) is 6.25. The number of aromatic nitrogens is 3. The molecule has 3 aromatic heterocycles. The second kappa shape index (κ2) is 4.85. The van der Waals surface area contributed by atoms with Crippen LogP contribution in [0.1, 0.15) is 23.0 Å². The fourth-order valence-electron chi connectivity index (χ4n) is 2.20. The van der Waals surface area contributed by atoms with Crippen LogP contribution in [0.15, 0.2) is 28.8 Å². The Morgan fingerprint density at radius 1 is 1.16 bits per heavy atom. The van der Waals surface area contributed by atoms with Crippen LogP contribution in [0.25, 0.3) is 11.0 Å².